The van der Waals surface area contributed by atoms with Crippen molar-refractivity contribution in [3.05, 3.63) is 64.7 Å². The Balaban J connectivity index is 1.86. The van der Waals surface area contributed by atoms with E-state index >= 15 is 0 Å². The van der Waals surface area contributed by atoms with E-state index in [0.29, 0.717) is 17.3 Å². The molecule has 0 bridgehead atoms. The summed E-state index contributed by atoms with van der Waals surface area (Å²) in [5.41, 5.74) is 8.24. The Labute approximate surface area is 172 Å². The molecule has 0 saturated carbocycles. The minimum Gasteiger partial charge on any atom is -0.365 e. The fraction of sp³-hybridized carbons (Fsp3) is 0.556. The maximum Gasteiger partial charge on any atom is 0.0441 e. The van der Waals surface area contributed by atoms with E-state index in [1.165, 1.54) is 42.5 Å². The van der Waals surface area contributed by atoms with Crippen LogP contribution in [-0.4, -0.2) is 12.1 Å². The van der Waals surface area contributed by atoms with Gasteiger partial charge in [-0.25, -0.2) is 0 Å². The third kappa shape index (κ3) is 3.08. The summed E-state index contributed by atoms with van der Waals surface area (Å²) >= 11 is 0. The highest BCUT2D eigenvalue weighted by Crippen LogP contribution is 2.53. The Kier molecular flexibility index (Phi) is 4.84. The summed E-state index contributed by atoms with van der Waals surface area (Å²) in [6.45, 7) is 15.5. The fourth-order valence-corrected chi connectivity index (χ4v) is 6.06. The second kappa shape index (κ2) is 6.94. The third-order valence-corrected chi connectivity index (χ3v) is 7.27. The van der Waals surface area contributed by atoms with E-state index in [1.807, 2.05) is 0 Å². The molecule has 0 amide bonds. The van der Waals surface area contributed by atoms with Crippen LogP contribution in [0.15, 0.2) is 42.5 Å². The van der Waals surface area contributed by atoms with Crippen LogP contribution in [-0.2, 0) is 11.8 Å². The lowest BCUT2D eigenvalue weighted by Crippen LogP contribution is -2.40. The first-order valence-electron chi connectivity index (χ1n) is 11.2. The Morgan fingerprint density at radius 2 is 1.50 bits per heavy atom. The van der Waals surface area contributed by atoms with Gasteiger partial charge in [-0.15, -0.1) is 0 Å². The van der Waals surface area contributed by atoms with Crippen molar-refractivity contribution in [1.82, 2.24) is 0 Å². The lowest BCUT2D eigenvalue weighted by atomic mass is 9.67. The fourth-order valence-electron chi connectivity index (χ4n) is 6.06. The maximum atomic E-state index is 2.79. The zero-order valence-corrected chi connectivity index (χ0v) is 18.7. The standard InChI is InChI=1S/C27H37N/c1-19(2)22-13-9-14-23(20(3)4)25(22)28-18-27(17-26(28,5)6)16-10-12-21-11-7-8-15-24(21)27/h7-9,11,13-15,19-20H,10,12,16-18H2,1-6H3. The van der Waals surface area contributed by atoms with E-state index in [0.717, 1.165) is 6.54 Å². The molecule has 0 radical (unpaired) electrons. The normalized spacial score (nSPS) is 23.6. The Morgan fingerprint density at radius 3 is 2.14 bits per heavy atom. The first-order valence-corrected chi connectivity index (χ1v) is 11.2. The van der Waals surface area contributed by atoms with Gasteiger partial charge in [0.1, 0.15) is 0 Å². The Hall–Kier alpha value is -1.76. The molecule has 1 unspecified atom stereocenters. The number of aryl methyl sites for hydroxylation is 1. The molecule has 1 spiro atoms. The summed E-state index contributed by atoms with van der Waals surface area (Å²) in [7, 11) is 0. The van der Waals surface area contributed by atoms with Crippen molar-refractivity contribution < 1.29 is 0 Å². The number of hydrogen-bond acceptors (Lipinski definition) is 1. The molecule has 1 aliphatic carbocycles. The molecule has 1 saturated heterocycles. The smallest absolute Gasteiger partial charge is 0.0441 e. The van der Waals surface area contributed by atoms with Crippen molar-refractivity contribution in [2.24, 2.45) is 0 Å². The zero-order valence-electron chi connectivity index (χ0n) is 18.7. The van der Waals surface area contributed by atoms with Gasteiger partial charge in [0.15, 0.2) is 0 Å². The van der Waals surface area contributed by atoms with Crippen molar-refractivity contribution >= 4 is 5.69 Å². The van der Waals surface area contributed by atoms with Gasteiger partial charge in [0.25, 0.3) is 0 Å². The molecule has 2 aromatic carbocycles. The third-order valence-electron chi connectivity index (χ3n) is 7.27. The highest BCUT2D eigenvalue weighted by molar-refractivity contribution is 5.65. The summed E-state index contributed by atoms with van der Waals surface area (Å²) in [6.07, 6.45) is 5.15. The molecule has 1 atom stereocenters. The average molecular weight is 376 g/mol. The summed E-state index contributed by atoms with van der Waals surface area (Å²) in [6, 6.07) is 16.3. The molecule has 1 nitrogen and oxygen atoms in total. The quantitative estimate of drug-likeness (QED) is 0.548. The van der Waals surface area contributed by atoms with Crippen LogP contribution in [0.25, 0.3) is 0 Å². The van der Waals surface area contributed by atoms with Gasteiger partial charge in [0.05, 0.1) is 0 Å². The van der Waals surface area contributed by atoms with Gasteiger partial charge in [-0.3, -0.25) is 0 Å². The second-order valence-electron chi connectivity index (χ2n) is 10.5. The highest BCUT2D eigenvalue weighted by Gasteiger charge is 2.51. The van der Waals surface area contributed by atoms with Gasteiger partial charge in [0, 0.05) is 23.2 Å². The minimum absolute atomic E-state index is 0.166. The highest BCUT2D eigenvalue weighted by atomic mass is 15.2. The number of nitrogens with zero attached hydrogens (tertiary/aromatic N) is 1. The van der Waals surface area contributed by atoms with E-state index in [1.54, 1.807) is 11.1 Å². The Morgan fingerprint density at radius 1 is 0.857 bits per heavy atom. The van der Waals surface area contributed by atoms with Crippen LogP contribution in [0, 0.1) is 0 Å². The van der Waals surface area contributed by atoms with Crippen LogP contribution in [0.4, 0.5) is 5.69 Å². The molecule has 150 valence electrons. The van der Waals surface area contributed by atoms with E-state index in [9.17, 15) is 0 Å². The summed E-state index contributed by atoms with van der Waals surface area (Å²) in [4.78, 5) is 2.79. The Bertz CT molecular complexity index is 834. The molecule has 1 aliphatic heterocycles. The van der Waals surface area contributed by atoms with Crippen LogP contribution in [0.2, 0.25) is 0 Å². The van der Waals surface area contributed by atoms with Crippen LogP contribution < -0.4 is 4.90 Å². The van der Waals surface area contributed by atoms with E-state index in [4.69, 9.17) is 0 Å². The van der Waals surface area contributed by atoms with E-state index in [-0.39, 0.29) is 5.54 Å². The summed E-state index contributed by atoms with van der Waals surface area (Å²) < 4.78 is 0. The van der Waals surface area contributed by atoms with Gasteiger partial charge in [-0.2, -0.15) is 0 Å². The first-order chi connectivity index (χ1) is 13.3. The van der Waals surface area contributed by atoms with Gasteiger partial charge >= 0.3 is 0 Å². The van der Waals surface area contributed by atoms with Crippen molar-refractivity contribution in [2.45, 2.75) is 90.0 Å². The molecule has 4 rings (SSSR count). The van der Waals surface area contributed by atoms with Crippen LogP contribution in [0.5, 0.6) is 0 Å². The number of fused-ring (bicyclic) bond motifs is 2. The molecule has 0 aromatic heterocycles. The molecule has 2 aromatic rings. The largest absolute Gasteiger partial charge is 0.365 e. The molecule has 28 heavy (non-hydrogen) atoms. The molecule has 1 heteroatoms. The van der Waals surface area contributed by atoms with Crippen LogP contribution in [0.1, 0.15) is 94.9 Å². The minimum atomic E-state index is 0.166. The summed E-state index contributed by atoms with van der Waals surface area (Å²) in [5.74, 6) is 1.08. The second-order valence-corrected chi connectivity index (χ2v) is 10.5. The van der Waals surface area contributed by atoms with Gasteiger partial charge in [-0.1, -0.05) is 70.2 Å². The van der Waals surface area contributed by atoms with E-state index < -0.39 is 0 Å². The number of rotatable bonds is 3. The maximum absolute atomic E-state index is 2.79. The molecular formula is C27H37N. The number of hydrogen-bond donors (Lipinski definition) is 0. The lowest BCUT2D eigenvalue weighted by molar-refractivity contribution is 0.363. The zero-order chi connectivity index (χ0) is 20.1. The van der Waals surface area contributed by atoms with Crippen molar-refractivity contribution in [3.63, 3.8) is 0 Å². The predicted molar refractivity (Wildman–Crippen MR) is 122 cm³/mol. The van der Waals surface area contributed by atoms with Crippen molar-refractivity contribution in [2.75, 3.05) is 11.4 Å². The number of para-hydroxylation sites is 1. The van der Waals surface area contributed by atoms with Crippen LogP contribution in [0.3, 0.4) is 0 Å². The van der Waals surface area contributed by atoms with Gasteiger partial charge < -0.3 is 4.90 Å². The van der Waals surface area contributed by atoms with Gasteiger partial charge in [0.2, 0.25) is 0 Å². The summed E-state index contributed by atoms with van der Waals surface area (Å²) in [5, 5.41) is 0. The number of benzene rings is 2. The molecular weight excluding hydrogens is 338 g/mol. The molecule has 1 heterocycles. The van der Waals surface area contributed by atoms with E-state index in [2.05, 4.69) is 88.9 Å². The SMILES string of the molecule is CC(C)c1cccc(C(C)C)c1N1CC2(CCCc3ccccc32)CC1(C)C. The molecule has 0 N–H and O–H groups in total. The predicted octanol–water partition coefficient (Wildman–Crippen LogP) is 7.20. The van der Waals surface area contributed by atoms with Gasteiger partial charge in [-0.05, 0) is 73.6 Å². The molecule has 1 fully saturated rings. The molecule has 2 aliphatic rings. The average Bonchev–Trinajstić information content (AvgIpc) is 2.92. The van der Waals surface area contributed by atoms with Crippen LogP contribution >= 0.6 is 0 Å². The lowest BCUT2D eigenvalue weighted by Gasteiger charge is -2.38. The monoisotopic (exact) mass is 375 g/mol. The van der Waals surface area contributed by atoms with Crippen molar-refractivity contribution in [1.29, 1.82) is 0 Å². The number of anilines is 1. The van der Waals surface area contributed by atoms with Crippen molar-refractivity contribution in [3.8, 4) is 0 Å². The first kappa shape index (κ1) is 19.6. The topological polar surface area (TPSA) is 3.24 Å².